The van der Waals surface area contributed by atoms with Gasteiger partial charge in [0.15, 0.2) is 0 Å². The average molecular weight is 578 g/mol. The molecule has 1 aliphatic rings. The SMILES string of the molecule is Cc1cc(-n2c(C)cc(/C=C3\SC(=O)N(Cc4cccc5ccccc45)C3=O)c2C)ccc1I. The molecule has 0 atom stereocenters. The summed E-state index contributed by atoms with van der Waals surface area (Å²) in [6.07, 6.45) is 1.85. The second-order valence-electron chi connectivity index (χ2n) is 8.50. The first-order valence-electron chi connectivity index (χ1n) is 11.0. The Morgan fingerprint density at radius 1 is 0.941 bits per heavy atom. The number of fused-ring (bicyclic) bond motifs is 1. The molecule has 0 bridgehead atoms. The van der Waals surface area contributed by atoms with Crippen LogP contribution in [0.15, 0.2) is 71.6 Å². The molecule has 1 aliphatic heterocycles. The third-order valence-electron chi connectivity index (χ3n) is 6.24. The van der Waals surface area contributed by atoms with Gasteiger partial charge in [0.1, 0.15) is 0 Å². The lowest BCUT2D eigenvalue weighted by Crippen LogP contribution is -2.27. The molecule has 1 aromatic heterocycles. The third-order valence-corrected chi connectivity index (χ3v) is 8.36. The quantitative estimate of drug-likeness (QED) is 0.187. The predicted octanol–water partition coefficient (Wildman–Crippen LogP) is 7.40. The van der Waals surface area contributed by atoms with Crippen molar-refractivity contribution in [1.29, 1.82) is 0 Å². The molecular formula is C28H23IN2O2S. The van der Waals surface area contributed by atoms with Gasteiger partial charge < -0.3 is 4.57 Å². The van der Waals surface area contributed by atoms with Crippen LogP contribution < -0.4 is 0 Å². The number of benzene rings is 3. The average Bonchev–Trinajstić information content (AvgIpc) is 3.25. The summed E-state index contributed by atoms with van der Waals surface area (Å²) in [4.78, 5) is 27.8. The standard InChI is InChI=1S/C28H23IN2O2S/c1-17-13-23(11-12-25(17)29)31-18(2)14-22(19(31)3)15-26-27(32)30(28(33)34-26)16-21-9-6-8-20-7-4-5-10-24(20)21/h4-15H,16H2,1-3H3/b26-15-. The van der Waals surface area contributed by atoms with Crippen molar-refractivity contribution in [3.8, 4) is 5.69 Å². The third kappa shape index (κ3) is 4.09. The number of nitrogens with zero attached hydrogens (tertiary/aromatic N) is 2. The molecule has 0 spiro atoms. The van der Waals surface area contributed by atoms with Crippen LogP contribution in [0.2, 0.25) is 0 Å². The van der Waals surface area contributed by atoms with E-state index in [0.717, 1.165) is 50.7 Å². The fraction of sp³-hybridized carbons (Fsp3) is 0.143. The molecule has 6 heteroatoms. The first-order chi connectivity index (χ1) is 16.3. The fourth-order valence-corrected chi connectivity index (χ4v) is 5.64. The van der Waals surface area contributed by atoms with Crippen LogP contribution in [0.3, 0.4) is 0 Å². The molecule has 2 amide bonds. The second-order valence-corrected chi connectivity index (χ2v) is 10.7. The molecule has 1 saturated heterocycles. The first kappa shape index (κ1) is 22.9. The number of carbonyl (C=O) groups is 2. The molecule has 4 aromatic rings. The first-order valence-corrected chi connectivity index (χ1v) is 12.9. The fourth-order valence-electron chi connectivity index (χ4n) is 4.48. The molecular weight excluding hydrogens is 555 g/mol. The van der Waals surface area contributed by atoms with Crippen LogP contribution in [0.5, 0.6) is 0 Å². The Kier molecular flexibility index (Phi) is 6.12. The number of hydrogen-bond acceptors (Lipinski definition) is 3. The van der Waals surface area contributed by atoms with Gasteiger partial charge in [-0.3, -0.25) is 14.5 Å². The Labute approximate surface area is 216 Å². The van der Waals surface area contributed by atoms with Crippen molar-refractivity contribution in [3.63, 3.8) is 0 Å². The molecule has 170 valence electrons. The lowest BCUT2D eigenvalue weighted by atomic mass is 10.0. The van der Waals surface area contributed by atoms with E-state index in [0.29, 0.717) is 4.91 Å². The summed E-state index contributed by atoms with van der Waals surface area (Å²) < 4.78 is 3.42. The molecule has 0 unspecified atom stereocenters. The van der Waals surface area contributed by atoms with Crippen molar-refractivity contribution in [2.75, 3.05) is 0 Å². The van der Waals surface area contributed by atoms with Crippen LogP contribution in [-0.4, -0.2) is 20.6 Å². The van der Waals surface area contributed by atoms with Gasteiger partial charge in [0.2, 0.25) is 0 Å². The maximum Gasteiger partial charge on any atom is 0.293 e. The molecule has 2 heterocycles. The molecule has 0 N–H and O–H groups in total. The number of carbonyl (C=O) groups excluding carboxylic acids is 2. The van der Waals surface area contributed by atoms with Crippen molar-refractivity contribution < 1.29 is 9.59 Å². The summed E-state index contributed by atoms with van der Waals surface area (Å²) >= 11 is 3.35. The van der Waals surface area contributed by atoms with Crippen LogP contribution >= 0.6 is 34.4 Å². The zero-order valence-electron chi connectivity index (χ0n) is 19.1. The van der Waals surface area contributed by atoms with Gasteiger partial charge in [-0.1, -0.05) is 42.5 Å². The van der Waals surface area contributed by atoms with E-state index in [1.807, 2.05) is 55.5 Å². The zero-order valence-corrected chi connectivity index (χ0v) is 22.1. The van der Waals surface area contributed by atoms with Crippen LogP contribution in [0.25, 0.3) is 22.5 Å². The van der Waals surface area contributed by atoms with E-state index in [2.05, 4.69) is 65.3 Å². The van der Waals surface area contributed by atoms with Crippen molar-refractivity contribution in [2.45, 2.75) is 27.3 Å². The van der Waals surface area contributed by atoms with E-state index in [9.17, 15) is 9.59 Å². The van der Waals surface area contributed by atoms with Gasteiger partial charge in [-0.25, -0.2) is 0 Å². The van der Waals surface area contributed by atoms with E-state index >= 15 is 0 Å². The molecule has 0 radical (unpaired) electrons. The number of thioether (sulfide) groups is 1. The molecule has 1 fully saturated rings. The molecule has 0 saturated carbocycles. The largest absolute Gasteiger partial charge is 0.318 e. The maximum atomic E-state index is 13.2. The normalized spacial score (nSPS) is 15.2. The van der Waals surface area contributed by atoms with Crippen LogP contribution in [0, 0.1) is 24.3 Å². The highest BCUT2D eigenvalue weighted by Crippen LogP contribution is 2.35. The van der Waals surface area contributed by atoms with Gasteiger partial charge >= 0.3 is 0 Å². The molecule has 0 aliphatic carbocycles. The minimum absolute atomic E-state index is 0.230. The topological polar surface area (TPSA) is 42.3 Å². The molecule has 4 nitrogen and oxygen atoms in total. The molecule has 34 heavy (non-hydrogen) atoms. The van der Waals surface area contributed by atoms with Gasteiger partial charge in [0.25, 0.3) is 11.1 Å². The Bertz CT molecular complexity index is 1500. The number of amides is 2. The molecule has 5 rings (SSSR count). The lowest BCUT2D eigenvalue weighted by Gasteiger charge is -2.14. The van der Waals surface area contributed by atoms with Crippen LogP contribution in [0.4, 0.5) is 4.79 Å². The van der Waals surface area contributed by atoms with Gasteiger partial charge in [-0.05, 0) is 113 Å². The minimum atomic E-state index is -0.238. The van der Waals surface area contributed by atoms with Crippen molar-refractivity contribution in [2.24, 2.45) is 0 Å². The zero-order chi connectivity index (χ0) is 24.0. The number of aryl methyl sites for hydroxylation is 2. The van der Waals surface area contributed by atoms with Gasteiger partial charge in [-0.15, -0.1) is 0 Å². The monoisotopic (exact) mass is 578 g/mol. The van der Waals surface area contributed by atoms with Gasteiger partial charge in [0.05, 0.1) is 11.4 Å². The summed E-state index contributed by atoms with van der Waals surface area (Å²) in [5.41, 5.74) is 6.36. The smallest absolute Gasteiger partial charge is 0.293 e. The van der Waals surface area contributed by atoms with Crippen molar-refractivity contribution in [3.05, 3.63) is 103 Å². The van der Waals surface area contributed by atoms with Crippen molar-refractivity contribution in [1.82, 2.24) is 9.47 Å². The number of halogens is 1. The summed E-state index contributed by atoms with van der Waals surface area (Å²) in [6.45, 7) is 6.48. The van der Waals surface area contributed by atoms with Gasteiger partial charge in [0, 0.05) is 20.6 Å². The number of aromatic nitrogens is 1. The van der Waals surface area contributed by atoms with E-state index in [-0.39, 0.29) is 17.7 Å². The maximum absolute atomic E-state index is 13.2. The Morgan fingerprint density at radius 2 is 1.71 bits per heavy atom. The Hall–Kier alpha value is -2.84. The summed E-state index contributed by atoms with van der Waals surface area (Å²) in [6, 6.07) is 22.5. The molecule has 3 aromatic carbocycles. The number of imide groups is 1. The summed E-state index contributed by atoms with van der Waals surface area (Å²) in [5.74, 6) is -0.238. The number of hydrogen-bond donors (Lipinski definition) is 0. The number of rotatable bonds is 4. The summed E-state index contributed by atoms with van der Waals surface area (Å²) in [5, 5.41) is 1.93. The Morgan fingerprint density at radius 3 is 2.50 bits per heavy atom. The highest BCUT2D eigenvalue weighted by Gasteiger charge is 2.35. The van der Waals surface area contributed by atoms with E-state index in [4.69, 9.17) is 0 Å². The highest BCUT2D eigenvalue weighted by molar-refractivity contribution is 14.1. The predicted molar refractivity (Wildman–Crippen MR) is 148 cm³/mol. The van der Waals surface area contributed by atoms with Crippen LogP contribution in [-0.2, 0) is 11.3 Å². The van der Waals surface area contributed by atoms with E-state index in [1.165, 1.54) is 14.0 Å². The lowest BCUT2D eigenvalue weighted by molar-refractivity contribution is -0.123. The van der Waals surface area contributed by atoms with Gasteiger partial charge in [-0.2, -0.15) is 0 Å². The minimum Gasteiger partial charge on any atom is -0.318 e. The van der Waals surface area contributed by atoms with E-state index < -0.39 is 0 Å². The van der Waals surface area contributed by atoms with E-state index in [1.54, 1.807) is 0 Å². The second kappa shape index (κ2) is 9.07. The highest BCUT2D eigenvalue weighted by atomic mass is 127. The Balaban J connectivity index is 1.46. The van der Waals surface area contributed by atoms with Crippen molar-refractivity contribution >= 4 is 62.3 Å². The van der Waals surface area contributed by atoms with Crippen LogP contribution in [0.1, 0.15) is 28.1 Å². The summed E-state index contributed by atoms with van der Waals surface area (Å²) in [7, 11) is 0.